The van der Waals surface area contributed by atoms with E-state index in [-0.39, 0.29) is 0 Å². The van der Waals surface area contributed by atoms with E-state index in [1.807, 2.05) is 45.3 Å². The van der Waals surface area contributed by atoms with Gasteiger partial charge in [-0.3, -0.25) is 0 Å². The number of rotatable bonds is 3. The van der Waals surface area contributed by atoms with Gasteiger partial charge in [-0.15, -0.1) is 45.3 Å². The van der Waals surface area contributed by atoms with Crippen LogP contribution in [0.25, 0.3) is 51.4 Å². The first-order valence-corrected chi connectivity index (χ1v) is 15.6. The summed E-state index contributed by atoms with van der Waals surface area (Å²) in [7, 11) is 0. The van der Waals surface area contributed by atoms with Gasteiger partial charge in [-0.1, -0.05) is 12.1 Å². The van der Waals surface area contributed by atoms with E-state index in [0.29, 0.717) is 0 Å². The molecule has 0 saturated carbocycles. The van der Waals surface area contributed by atoms with Gasteiger partial charge in [-0.2, -0.15) is 8.75 Å². The van der Waals surface area contributed by atoms with Crippen LogP contribution in [0.2, 0.25) is 0 Å². The first-order valence-electron chi connectivity index (χ1n) is 11.6. The normalized spacial score (nSPS) is 12.9. The predicted molar refractivity (Wildman–Crippen MR) is 157 cm³/mol. The van der Waals surface area contributed by atoms with Crippen LogP contribution in [0, 0.1) is 27.7 Å². The van der Waals surface area contributed by atoms with E-state index >= 15 is 0 Å². The molecule has 0 saturated heterocycles. The van der Waals surface area contributed by atoms with Crippen LogP contribution in [0.3, 0.4) is 0 Å². The minimum absolute atomic E-state index is 1.02. The fourth-order valence-electron chi connectivity index (χ4n) is 4.96. The van der Waals surface area contributed by atoms with Crippen LogP contribution in [0.15, 0.2) is 36.4 Å². The quantitative estimate of drug-likeness (QED) is 0.221. The third-order valence-electron chi connectivity index (χ3n) is 6.86. The number of nitrogens with zero attached hydrogens (tertiary/aromatic N) is 2. The number of aryl methyl sites for hydroxylation is 6. The lowest BCUT2D eigenvalue weighted by atomic mass is 9.97. The fourth-order valence-corrected chi connectivity index (χ4v) is 10.4. The van der Waals surface area contributed by atoms with Gasteiger partial charge in [0.25, 0.3) is 0 Å². The van der Waals surface area contributed by atoms with E-state index in [9.17, 15) is 0 Å². The third kappa shape index (κ3) is 3.51. The summed E-state index contributed by atoms with van der Waals surface area (Å²) in [5.41, 5.74) is 10.2. The van der Waals surface area contributed by atoms with Crippen molar-refractivity contribution in [2.75, 3.05) is 0 Å². The second-order valence-corrected chi connectivity index (χ2v) is 14.4. The monoisotopic (exact) mass is 546 g/mol. The highest BCUT2D eigenvalue weighted by molar-refractivity contribution is 7.27. The van der Waals surface area contributed by atoms with Gasteiger partial charge < -0.3 is 0 Å². The molecule has 0 atom stereocenters. The van der Waals surface area contributed by atoms with Crippen LogP contribution in [0.5, 0.6) is 0 Å². The zero-order valence-electron chi connectivity index (χ0n) is 19.8. The molecule has 0 radical (unpaired) electrons. The summed E-state index contributed by atoms with van der Waals surface area (Å²) in [6, 6.07) is 13.9. The Balaban J connectivity index is 1.32. The molecule has 0 amide bonds. The molecule has 0 unspecified atom stereocenters. The SMILES string of the molecule is Cc1cc2c(s1)-c1sc(-c3sc(-c4ccc(-c5cc(C)c(C)s5)c5nsnc45)cc3C)cc1CC2. The second kappa shape index (κ2) is 8.18. The molecule has 5 heterocycles. The highest BCUT2D eigenvalue weighted by atomic mass is 32.1. The Hall–Kier alpha value is -2.16. The number of thiophene rings is 4. The maximum absolute atomic E-state index is 4.75. The lowest BCUT2D eigenvalue weighted by Gasteiger charge is -2.10. The molecule has 6 aromatic rings. The van der Waals surface area contributed by atoms with Crippen LogP contribution in [0.4, 0.5) is 0 Å². The fraction of sp³-hybridized carbons (Fsp3) is 0.214. The van der Waals surface area contributed by atoms with Crippen LogP contribution >= 0.6 is 57.1 Å². The molecule has 0 fully saturated rings. The summed E-state index contributed by atoms with van der Waals surface area (Å²) in [5.74, 6) is 0. The summed E-state index contributed by atoms with van der Waals surface area (Å²) in [6.07, 6.45) is 2.32. The maximum atomic E-state index is 4.75. The van der Waals surface area contributed by atoms with Gasteiger partial charge in [0, 0.05) is 50.1 Å². The van der Waals surface area contributed by atoms with Gasteiger partial charge in [-0.05, 0) is 87.1 Å². The molecule has 7 rings (SSSR count). The zero-order chi connectivity index (χ0) is 23.8. The molecule has 174 valence electrons. The number of hydrogen-bond donors (Lipinski definition) is 0. The van der Waals surface area contributed by atoms with Crippen molar-refractivity contribution in [3.05, 3.63) is 68.4 Å². The van der Waals surface area contributed by atoms with Crippen molar-refractivity contribution in [3.8, 4) is 40.4 Å². The Morgan fingerprint density at radius 1 is 0.600 bits per heavy atom. The summed E-state index contributed by atoms with van der Waals surface area (Å²) in [5, 5.41) is 0. The van der Waals surface area contributed by atoms with Crippen LogP contribution in [-0.4, -0.2) is 8.75 Å². The van der Waals surface area contributed by atoms with E-state index in [4.69, 9.17) is 8.75 Å². The number of aromatic nitrogens is 2. The lowest BCUT2D eigenvalue weighted by molar-refractivity contribution is 0.957. The van der Waals surface area contributed by atoms with E-state index in [0.717, 1.165) is 17.5 Å². The maximum Gasteiger partial charge on any atom is 0.114 e. The minimum Gasteiger partial charge on any atom is -0.172 e. The van der Waals surface area contributed by atoms with Gasteiger partial charge in [0.15, 0.2) is 0 Å². The summed E-state index contributed by atoms with van der Waals surface area (Å²) in [6.45, 7) is 8.84. The van der Waals surface area contributed by atoms with Crippen LogP contribution in [-0.2, 0) is 12.8 Å². The number of hydrogen-bond acceptors (Lipinski definition) is 7. The molecule has 5 aromatic heterocycles. The van der Waals surface area contributed by atoms with Crippen molar-refractivity contribution in [1.29, 1.82) is 0 Å². The van der Waals surface area contributed by atoms with E-state index < -0.39 is 0 Å². The molecule has 0 N–H and O–H groups in total. The van der Waals surface area contributed by atoms with E-state index in [1.54, 1.807) is 0 Å². The Morgan fingerprint density at radius 3 is 1.89 bits per heavy atom. The molecule has 2 nitrogen and oxygen atoms in total. The average molecular weight is 547 g/mol. The Labute approximate surface area is 224 Å². The molecular formula is C28H22N2S5. The summed E-state index contributed by atoms with van der Waals surface area (Å²) >= 11 is 8.98. The van der Waals surface area contributed by atoms with Gasteiger partial charge in [0.1, 0.15) is 11.0 Å². The summed E-state index contributed by atoms with van der Waals surface area (Å²) < 4.78 is 9.47. The molecule has 35 heavy (non-hydrogen) atoms. The van der Waals surface area contributed by atoms with Gasteiger partial charge in [0.05, 0.1) is 11.7 Å². The average Bonchev–Trinajstić information content (AvgIpc) is 3.63. The van der Waals surface area contributed by atoms with Crippen LogP contribution < -0.4 is 0 Å². The Kier molecular flexibility index (Phi) is 5.16. The molecule has 0 bridgehead atoms. The van der Waals surface area contributed by atoms with Crippen molar-refractivity contribution < 1.29 is 0 Å². The van der Waals surface area contributed by atoms with Gasteiger partial charge in [0.2, 0.25) is 0 Å². The Morgan fingerprint density at radius 2 is 1.20 bits per heavy atom. The van der Waals surface area contributed by atoms with Gasteiger partial charge in [-0.25, -0.2) is 0 Å². The topological polar surface area (TPSA) is 25.8 Å². The highest BCUT2D eigenvalue weighted by Crippen LogP contribution is 2.49. The smallest absolute Gasteiger partial charge is 0.114 e. The molecular weight excluding hydrogens is 525 g/mol. The highest BCUT2D eigenvalue weighted by Gasteiger charge is 2.24. The Bertz CT molecular complexity index is 1730. The summed E-state index contributed by atoms with van der Waals surface area (Å²) in [4.78, 5) is 11.1. The number of benzene rings is 1. The first kappa shape index (κ1) is 22.1. The van der Waals surface area contributed by atoms with E-state index in [1.165, 1.54) is 90.5 Å². The van der Waals surface area contributed by atoms with Crippen molar-refractivity contribution in [2.45, 2.75) is 40.5 Å². The van der Waals surface area contributed by atoms with Gasteiger partial charge >= 0.3 is 0 Å². The van der Waals surface area contributed by atoms with Crippen molar-refractivity contribution >= 4 is 68.1 Å². The second-order valence-electron chi connectivity index (χ2n) is 9.27. The van der Waals surface area contributed by atoms with E-state index in [2.05, 4.69) is 64.1 Å². The molecule has 1 aliphatic carbocycles. The van der Waals surface area contributed by atoms with Crippen molar-refractivity contribution in [3.63, 3.8) is 0 Å². The largest absolute Gasteiger partial charge is 0.172 e. The molecule has 1 aliphatic rings. The molecule has 0 spiro atoms. The minimum atomic E-state index is 1.02. The first-order chi connectivity index (χ1) is 17.0. The molecule has 1 aromatic carbocycles. The standard InChI is InChI=1S/C28H22N2S5/c1-13-9-21(32-16(13)4)19-7-8-20(25-24(19)29-35-30-25)22-10-14(2)26(33-22)23-12-18-6-5-17-11-15(3)31-27(17)28(18)34-23/h7-12H,5-6H2,1-4H3. The molecule has 7 heteroatoms. The van der Waals surface area contributed by atoms with Crippen LogP contribution in [0.1, 0.15) is 32.0 Å². The third-order valence-corrected chi connectivity index (χ3v) is 12.5. The zero-order valence-corrected chi connectivity index (χ0v) is 23.9. The molecule has 0 aliphatic heterocycles. The number of fused-ring (bicyclic) bond motifs is 4. The van der Waals surface area contributed by atoms with Crippen molar-refractivity contribution in [2.24, 2.45) is 0 Å². The van der Waals surface area contributed by atoms with Crippen molar-refractivity contribution in [1.82, 2.24) is 8.75 Å². The predicted octanol–water partition coefficient (Wildman–Crippen LogP) is 9.94. The lowest BCUT2D eigenvalue weighted by Crippen LogP contribution is -1.96.